The molecule has 0 heterocycles. The van der Waals surface area contributed by atoms with E-state index in [0.29, 0.717) is 0 Å². The molecule has 0 bridgehead atoms. The first-order valence-corrected chi connectivity index (χ1v) is 5.37. The van der Waals surface area contributed by atoms with Gasteiger partial charge in [-0.2, -0.15) is 0 Å². The monoisotopic (exact) mass is 214 g/mol. The Morgan fingerprint density at radius 3 is 2.40 bits per heavy atom. The summed E-state index contributed by atoms with van der Waals surface area (Å²) in [6.07, 6.45) is 5.04. The van der Waals surface area contributed by atoms with Gasteiger partial charge < -0.3 is 16.2 Å². The second kappa shape index (κ2) is 7.43. The van der Waals surface area contributed by atoms with Crippen LogP contribution in [0.25, 0.3) is 0 Å². The first-order chi connectivity index (χ1) is 6.97. The second-order valence-electron chi connectivity index (χ2n) is 3.81. The lowest BCUT2D eigenvalue weighted by molar-refractivity contribution is -0.148. The van der Waals surface area contributed by atoms with Crippen molar-refractivity contribution >= 4 is 5.97 Å². The summed E-state index contributed by atoms with van der Waals surface area (Å²) in [4.78, 5) is 11.4. The van der Waals surface area contributed by atoms with Crippen molar-refractivity contribution in [3.8, 4) is 0 Å². The van der Waals surface area contributed by atoms with Crippen LogP contribution in [0.5, 0.6) is 0 Å². The molecule has 0 rings (SSSR count). The van der Waals surface area contributed by atoms with Crippen molar-refractivity contribution in [1.82, 2.24) is 0 Å². The Labute approximate surface area is 91.7 Å². The van der Waals surface area contributed by atoms with Crippen molar-refractivity contribution in [2.75, 3.05) is 0 Å². The molecular weight excluding hydrogens is 192 g/mol. The first-order valence-electron chi connectivity index (χ1n) is 5.37. The van der Waals surface area contributed by atoms with Crippen LogP contribution in [0.2, 0.25) is 0 Å². The van der Waals surface area contributed by atoms with Crippen LogP contribution in [0.15, 0.2) is 12.2 Å². The first kappa shape index (κ1) is 14.1. The third-order valence-electron chi connectivity index (χ3n) is 1.91. The van der Waals surface area contributed by atoms with Crippen molar-refractivity contribution in [3.63, 3.8) is 0 Å². The summed E-state index contributed by atoms with van der Waals surface area (Å²) in [6, 6.07) is -0.813. The van der Waals surface area contributed by atoms with Gasteiger partial charge in [-0.15, -0.1) is 0 Å². The van der Waals surface area contributed by atoms with Crippen LogP contribution in [-0.2, 0) is 9.53 Å². The number of carbonyl (C=O) groups excluding carboxylic acids is 1. The van der Waals surface area contributed by atoms with Crippen molar-refractivity contribution in [2.24, 2.45) is 11.5 Å². The van der Waals surface area contributed by atoms with Gasteiger partial charge in [0.1, 0.15) is 6.04 Å². The van der Waals surface area contributed by atoms with Crippen LogP contribution >= 0.6 is 0 Å². The largest absolute Gasteiger partial charge is 0.461 e. The van der Waals surface area contributed by atoms with Gasteiger partial charge in [0, 0.05) is 6.04 Å². The fourth-order valence-electron chi connectivity index (χ4n) is 1.12. The van der Waals surface area contributed by atoms with Crippen molar-refractivity contribution in [3.05, 3.63) is 12.2 Å². The van der Waals surface area contributed by atoms with Crippen molar-refractivity contribution < 1.29 is 9.53 Å². The molecule has 88 valence electrons. The number of nitrogens with two attached hydrogens (primary N) is 2. The van der Waals surface area contributed by atoms with Crippen LogP contribution in [0.1, 0.15) is 33.6 Å². The molecule has 0 aromatic rings. The molecule has 0 aliphatic heterocycles. The predicted molar refractivity (Wildman–Crippen MR) is 61.2 cm³/mol. The third kappa shape index (κ3) is 7.11. The minimum atomic E-state index is -0.713. The Bertz CT molecular complexity index is 215. The maximum Gasteiger partial charge on any atom is 0.327 e. The molecule has 0 amide bonds. The number of carbonyl (C=O) groups is 1. The van der Waals surface area contributed by atoms with Gasteiger partial charge in [0.05, 0.1) is 6.10 Å². The molecule has 0 spiro atoms. The van der Waals surface area contributed by atoms with Crippen LogP contribution in [0.4, 0.5) is 0 Å². The molecular formula is C11H22N2O2. The Morgan fingerprint density at radius 2 is 1.93 bits per heavy atom. The lowest BCUT2D eigenvalue weighted by atomic mass is 10.2. The molecule has 0 fully saturated rings. The fraction of sp³-hybridized carbons (Fsp3) is 0.727. The highest BCUT2D eigenvalue weighted by Crippen LogP contribution is 2.02. The number of ether oxygens (including phenoxy) is 1. The predicted octanol–water partition coefficient (Wildman–Crippen LogP) is 0.949. The Hall–Kier alpha value is -0.870. The number of rotatable bonds is 6. The minimum Gasteiger partial charge on any atom is -0.461 e. The molecule has 0 aromatic carbocycles. The summed E-state index contributed by atoms with van der Waals surface area (Å²) in [5, 5.41) is 0. The summed E-state index contributed by atoms with van der Waals surface area (Å²) < 4.78 is 5.13. The zero-order valence-electron chi connectivity index (χ0n) is 9.77. The van der Waals surface area contributed by atoms with E-state index in [2.05, 4.69) is 0 Å². The highest BCUT2D eigenvalue weighted by Gasteiger charge is 2.14. The van der Waals surface area contributed by atoms with Crippen molar-refractivity contribution in [1.29, 1.82) is 0 Å². The molecule has 3 atom stereocenters. The van der Waals surface area contributed by atoms with E-state index in [1.54, 1.807) is 12.2 Å². The van der Waals surface area contributed by atoms with Crippen LogP contribution in [-0.4, -0.2) is 24.2 Å². The van der Waals surface area contributed by atoms with E-state index in [0.717, 1.165) is 12.8 Å². The second-order valence-corrected chi connectivity index (χ2v) is 3.81. The molecule has 15 heavy (non-hydrogen) atoms. The Balaban J connectivity index is 3.98. The van der Waals surface area contributed by atoms with Crippen LogP contribution < -0.4 is 11.5 Å². The Morgan fingerprint density at radius 1 is 1.33 bits per heavy atom. The van der Waals surface area contributed by atoms with E-state index in [-0.39, 0.29) is 12.1 Å². The summed E-state index contributed by atoms with van der Waals surface area (Å²) in [6.45, 7) is 5.72. The summed E-state index contributed by atoms with van der Waals surface area (Å²) in [7, 11) is 0. The summed E-state index contributed by atoms with van der Waals surface area (Å²) in [5.41, 5.74) is 11.1. The van der Waals surface area contributed by atoms with Crippen LogP contribution in [0.3, 0.4) is 0 Å². The molecule has 0 aliphatic carbocycles. The molecule has 4 heteroatoms. The third-order valence-corrected chi connectivity index (χ3v) is 1.91. The average molecular weight is 214 g/mol. The highest BCUT2D eigenvalue weighted by molar-refractivity contribution is 5.77. The average Bonchev–Trinajstić information content (AvgIpc) is 2.14. The van der Waals surface area contributed by atoms with Gasteiger partial charge >= 0.3 is 5.97 Å². The van der Waals surface area contributed by atoms with Gasteiger partial charge in [0.15, 0.2) is 0 Å². The quantitative estimate of drug-likeness (QED) is 0.509. The highest BCUT2D eigenvalue weighted by atomic mass is 16.5. The van der Waals surface area contributed by atoms with Gasteiger partial charge in [-0.3, -0.25) is 4.79 Å². The number of hydrogen-bond donors (Lipinski definition) is 2. The van der Waals surface area contributed by atoms with E-state index < -0.39 is 12.0 Å². The Kier molecular flexibility index (Phi) is 6.99. The van der Waals surface area contributed by atoms with E-state index in [4.69, 9.17) is 16.2 Å². The number of hydrogen-bond acceptors (Lipinski definition) is 4. The zero-order valence-corrected chi connectivity index (χ0v) is 9.77. The molecule has 0 saturated heterocycles. The van der Waals surface area contributed by atoms with E-state index in [9.17, 15) is 4.79 Å². The van der Waals surface area contributed by atoms with Gasteiger partial charge in [0.25, 0.3) is 0 Å². The number of esters is 1. The van der Waals surface area contributed by atoms with Crippen LogP contribution in [0, 0.1) is 0 Å². The molecule has 0 saturated carbocycles. The molecule has 0 aliphatic rings. The standard InChI is InChI=1S/C11H22N2O2/c1-4-5-9(3)15-11(14)10(13)7-6-8(2)12/h6-10H,4-5,12-13H2,1-3H3/b7-6-. The van der Waals surface area contributed by atoms with E-state index >= 15 is 0 Å². The molecule has 4 N–H and O–H groups in total. The van der Waals surface area contributed by atoms with E-state index in [1.165, 1.54) is 0 Å². The van der Waals surface area contributed by atoms with Crippen molar-refractivity contribution in [2.45, 2.75) is 51.8 Å². The van der Waals surface area contributed by atoms with Gasteiger partial charge in [0.2, 0.25) is 0 Å². The summed E-state index contributed by atoms with van der Waals surface area (Å²) in [5.74, 6) is -0.396. The normalized spacial score (nSPS) is 17.4. The molecule has 0 radical (unpaired) electrons. The molecule has 4 nitrogen and oxygen atoms in total. The lowest BCUT2D eigenvalue weighted by Gasteiger charge is -2.14. The lowest BCUT2D eigenvalue weighted by Crippen LogP contribution is -2.33. The fourth-order valence-corrected chi connectivity index (χ4v) is 1.12. The van der Waals surface area contributed by atoms with Gasteiger partial charge in [-0.05, 0) is 20.3 Å². The topological polar surface area (TPSA) is 78.3 Å². The van der Waals surface area contributed by atoms with Gasteiger partial charge in [-0.1, -0.05) is 25.5 Å². The van der Waals surface area contributed by atoms with Gasteiger partial charge in [-0.25, -0.2) is 0 Å². The molecule has 0 aromatic heterocycles. The summed E-state index contributed by atoms with van der Waals surface area (Å²) >= 11 is 0. The smallest absolute Gasteiger partial charge is 0.327 e. The maximum atomic E-state index is 11.4. The molecule has 3 unspecified atom stereocenters. The zero-order chi connectivity index (χ0) is 11.8. The minimum absolute atomic E-state index is 0.0720. The SMILES string of the molecule is CCCC(C)OC(=O)C(N)/C=C\C(C)N. The van der Waals surface area contributed by atoms with E-state index in [1.807, 2.05) is 20.8 Å². The maximum absolute atomic E-state index is 11.4.